The largest absolute Gasteiger partial charge is 0.501 e. The molecule has 0 N–H and O–H groups in total. The van der Waals surface area contributed by atoms with E-state index in [1.54, 1.807) is 0 Å². The van der Waals surface area contributed by atoms with Crippen molar-refractivity contribution < 1.29 is 21.6 Å². The fraction of sp³-hybridized carbons (Fsp3) is 0.273. The van der Waals surface area contributed by atoms with Crippen LogP contribution in [0.15, 0.2) is 59.5 Å². The summed E-state index contributed by atoms with van der Waals surface area (Å²) in [6, 6.07) is 11.2. The van der Waals surface area contributed by atoms with Gasteiger partial charge in [0.05, 0.1) is 4.90 Å². The lowest BCUT2D eigenvalue weighted by molar-refractivity contribution is -0.0436. The molecule has 2 aromatic carbocycles. The second-order valence-electron chi connectivity index (χ2n) is 7.62. The molecule has 2 aliphatic carbocycles. The van der Waals surface area contributed by atoms with Crippen molar-refractivity contribution in [2.45, 2.75) is 37.1 Å². The van der Waals surface area contributed by atoms with Crippen molar-refractivity contribution in [3.05, 3.63) is 76.9 Å². The zero-order chi connectivity index (χ0) is 20.3. The van der Waals surface area contributed by atoms with Crippen LogP contribution in [0.2, 0.25) is 0 Å². The maximum atomic E-state index is 12.8. The maximum Gasteiger partial charge on any atom is 0.501 e. The zero-order valence-electron chi connectivity index (χ0n) is 15.5. The van der Waals surface area contributed by atoms with Gasteiger partial charge in [-0.1, -0.05) is 42.5 Å². The highest BCUT2D eigenvalue weighted by atomic mass is 32.2. The predicted molar refractivity (Wildman–Crippen MR) is 103 cm³/mol. The number of alkyl halides is 3. The van der Waals surface area contributed by atoms with Crippen LogP contribution < -0.4 is 0 Å². The van der Waals surface area contributed by atoms with Gasteiger partial charge in [0.15, 0.2) is 0 Å². The minimum atomic E-state index is -5.34. The van der Waals surface area contributed by atoms with Crippen LogP contribution in [-0.4, -0.2) is 13.9 Å². The topological polar surface area (TPSA) is 34.1 Å². The van der Waals surface area contributed by atoms with E-state index >= 15 is 0 Å². The Balaban J connectivity index is 1.74. The Hall–Kier alpha value is -2.34. The first-order chi connectivity index (χ1) is 13.0. The third kappa shape index (κ3) is 3.09. The van der Waals surface area contributed by atoms with Gasteiger partial charge in [0, 0.05) is 5.41 Å². The van der Waals surface area contributed by atoms with Gasteiger partial charge < -0.3 is 0 Å². The van der Waals surface area contributed by atoms with Crippen molar-refractivity contribution in [3.8, 4) is 0 Å². The summed E-state index contributed by atoms with van der Waals surface area (Å²) in [5.74, 6) is 0. The molecule has 0 atom stereocenters. The molecule has 28 heavy (non-hydrogen) atoms. The van der Waals surface area contributed by atoms with Gasteiger partial charge in [-0.3, -0.25) is 0 Å². The molecule has 0 heterocycles. The summed E-state index contributed by atoms with van der Waals surface area (Å²) in [7, 11) is -5.34. The second kappa shape index (κ2) is 6.08. The van der Waals surface area contributed by atoms with E-state index in [2.05, 4.69) is 24.3 Å². The first-order valence-corrected chi connectivity index (χ1v) is 10.5. The molecule has 4 rings (SSSR count). The van der Waals surface area contributed by atoms with Crippen LogP contribution in [0.1, 0.15) is 35.1 Å². The van der Waals surface area contributed by atoms with Crippen LogP contribution in [0, 0.1) is 19.3 Å². The van der Waals surface area contributed by atoms with Crippen molar-refractivity contribution in [2.24, 2.45) is 5.41 Å². The lowest BCUT2D eigenvalue weighted by atomic mass is 9.93. The van der Waals surface area contributed by atoms with Crippen molar-refractivity contribution in [2.75, 3.05) is 0 Å². The van der Waals surface area contributed by atoms with Gasteiger partial charge in [-0.2, -0.15) is 13.2 Å². The van der Waals surface area contributed by atoms with Gasteiger partial charge in [-0.15, -0.1) is 0 Å². The van der Waals surface area contributed by atoms with Gasteiger partial charge in [-0.25, -0.2) is 8.42 Å². The van der Waals surface area contributed by atoms with Crippen LogP contribution in [0.25, 0.3) is 11.1 Å². The van der Waals surface area contributed by atoms with E-state index in [1.807, 2.05) is 19.9 Å². The van der Waals surface area contributed by atoms with Crippen molar-refractivity contribution >= 4 is 21.0 Å². The van der Waals surface area contributed by atoms with E-state index in [4.69, 9.17) is 0 Å². The number of sulfone groups is 1. The molecule has 2 aromatic rings. The monoisotopic (exact) mass is 404 g/mol. The number of allylic oxidation sites excluding steroid dienone is 4. The molecule has 0 radical (unpaired) electrons. The molecular weight excluding hydrogens is 385 g/mol. The van der Waals surface area contributed by atoms with Crippen molar-refractivity contribution in [1.82, 2.24) is 0 Å². The van der Waals surface area contributed by atoms with E-state index < -0.39 is 20.2 Å². The van der Waals surface area contributed by atoms with Gasteiger partial charge in [-0.05, 0) is 72.2 Å². The summed E-state index contributed by atoms with van der Waals surface area (Å²) >= 11 is 0. The standard InChI is InChI=1S/C22H19F3O2S/c1-14-3-4-17(11-15(14)2)20-13-21(9-10-21)12-19(20)16-5-7-18(8-6-16)28(26,27)22(23,24)25/h3-8,11-13H,9-10H2,1-2H3. The lowest BCUT2D eigenvalue weighted by Gasteiger charge is -2.13. The number of aryl methyl sites for hydroxylation is 2. The van der Waals surface area contributed by atoms with E-state index in [9.17, 15) is 21.6 Å². The number of halogens is 3. The minimum absolute atomic E-state index is 0.0280. The molecule has 0 aromatic heterocycles. The summed E-state index contributed by atoms with van der Waals surface area (Å²) in [6.45, 7) is 4.09. The van der Waals surface area contributed by atoms with Gasteiger partial charge in [0.2, 0.25) is 0 Å². The van der Waals surface area contributed by atoms with E-state index in [0.717, 1.165) is 47.2 Å². The molecule has 6 heteroatoms. The Morgan fingerprint density at radius 3 is 1.86 bits per heavy atom. The third-order valence-electron chi connectivity index (χ3n) is 5.58. The summed E-state index contributed by atoms with van der Waals surface area (Å²) in [4.78, 5) is -0.736. The average Bonchev–Trinajstić information content (AvgIpc) is 3.27. The van der Waals surface area contributed by atoms with Gasteiger partial charge in [0.25, 0.3) is 9.84 Å². The minimum Gasteiger partial charge on any atom is -0.214 e. The van der Waals surface area contributed by atoms with Crippen LogP contribution >= 0.6 is 0 Å². The molecule has 0 bridgehead atoms. The Bertz CT molecular complexity index is 1120. The predicted octanol–water partition coefficient (Wildman–Crippen LogP) is 5.86. The van der Waals surface area contributed by atoms with E-state index in [1.165, 1.54) is 23.3 Å². The number of benzene rings is 2. The molecule has 0 unspecified atom stereocenters. The molecular formula is C22H19F3O2S. The molecule has 2 aliphatic rings. The fourth-order valence-electron chi connectivity index (χ4n) is 3.54. The maximum absolute atomic E-state index is 12.8. The van der Waals surface area contributed by atoms with Crippen LogP contribution in [0.4, 0.5) is 13.2 Å². The number of hydrogen-bond donors (Lipinski definition) is 0. The summed E-state index contributed by atoms with van der Waals surface area (Å²) in [5, 5.41) is 0. The Kier molecular flexibility index (Phi) is 4.12. The summed E-state index contributed by atoms with van der Waals surface area (Å²) < 4.78 is 61.5. The highest BCUT2D eigenvalue weighted by Crippen LogP contribution is 2.57. The summed E-state index contributed by atoms with van der Waals surface area (Å²) in [6.07, 6.45) is 6.48. The van der Waals surface area contributed by atoms with Gasteiger partial charge >= 0.3 is 5.51 Å². The molecule has 1 spiro atoms. The van der Waals surface area contributed by atoms with Crippen molar-refractivity contribution in [1.29, 1.82) is 0 Å². The van der Waals surface area contributed by atoms with Gasteiger partial charge in [0.1, 0.15) is 0 Å². The second-order valence-corrected chi connectivity index (χ2v) is 9.56. The SMILES string of the molecule is Cc1ccc(C2=CC3(C=C2c2ccc(S(=O)(=O)C(F)(F)F)cc2)CC3)cc1C. The zero-order valence-corrected chi connectivity index (χ0v) is 16.3. The number of hydrogen-bond acceptors (Lipinski definition) is 2. The Morgan fingerprint density at radius 1 is 0.821 bits per heavy atom. The molecule has 146 valence electrons. The lowest BCUT2D eigenvalue weighted by Crippen LogP contribution is -2.23. The highest BCUT2D eigenvalue weighted by Gasteiger charge is 2.47. The molecule has 0 aliphatic heterocycles. The molecule has 1 fully saturated rings. The first kappa shape index (κ1) is 19.0. The van der Waals surface area contributed by atoms with Crippen LogP contribution in [0.5, 0.6) is 0 Å². The van der Waals surface area contributed by atoms with Crippen LogP contribution in [-0.2, 0) is 9.84 Å². The quantitative estimate of drug-likeness (QED) is 0.642. The summed E-state index contributed by atoms with van der Waals surface area (Å²) in [5.41, 5.74) is 0.851. The fourth-order valence-corrected chi connectivity index (χ4v) is 4.30. The third-order valence-corrected chi connectivity index (χ3v) is 7.08. The van der Waals surface area contributed by atoms with Crippen molar-refractivity contribution in [3.63, 3.8) is 0 Å². The molecule has 1 saturated carbocycles. The molecule has 0 saturated heterocycles. The smallest absolute Gasteiger partial charge is 0.214 e. The average molecular weight is 404 g/mol. The van der Waals surface area contributed by atoms with E-state index in [0.29, 0.717) is 0 Å². The number of rotatable bonds is 3. The Labute approximate surface area is 162 Å². The first-order valence-electron chi connectivity index (χ1n) is 8.98. The molecule has 2 nitrogen and oxygen atoms in total. The Morgan fingerprint density at radius 2 is 1.36 bits per heavy atom. The normalized spacial score (nSPS) is 18.2. The highest BCUT2D eigenvalue weighted by molar-refractivity contribution is 7.92. The van der Waals surface area contributed by atoms with E-state index in [-0.39, 0.29) is 5.41 Å². The molecule has 0 amide bonds. The van der Waals surface area contributed by atoms with Crippen LogP contribution in [0.3, 0.4) is 0 Å².